The van der Waals surface area contributed by atoms with Gasteiger partial charge in [0.1, 0.15) is 5.76 Å². The zero-order chi connectivity index (χ0) is 15.3. The molecule has 1 atom stereocenters. The van der Waals surface area contributed by atoms with Crippen LogP contribution in [-0.2, 0) is 0 Å². The summed E-state index contributed by atoms with van der Waals surface area (Å²) in [5.74, 6) is 2.02. The minimum absolute atomic E-state index is 0. The summed E-state index contributed by atoms with van der Waals surface area (Å²) in [5.41, 5.74) is 2.12. The van der Waals surface area contributed by atoms with E-state index in [1.165, 1.54) is 5.56 Å². The molecular weight excluding hydrogens is 379 g/mol. The molecular formula is C15H29IN4O. The third-order valence-corrected chi connectivity index (χ3v) is 2.94. The first-order valence-electron chi connectivity index (χ1n) is 7.24. The second-order valence-electron chi connectivity index (χ2n) is 6.23. The molecule has 0 radical (unpaired) electrons. The van der Waals surface area contributed by atoms with E-state index in [0.29, 0.717) is 6.54 Å². The van der Waals surface area contributed by atoms with Crippen LogP contribution in [-0.4, -0.2) is 29.7 Å². The van der Waals surface area contributed by atoms with Gasteiger partial charge in [-0.05, 0) is 41.5 Å². The predicted octanol–water partition coefficient (Wildman–Crippen LogP) is 3.37. The normalized spacial score (nSPS) is 13.6. The number of nitrogens with one attached hydrogen (secondary N) is 2. The molecule has 1 rings (SSSR count). The van der Waals surface area contributed by atoms with Crippen molar-refractivity contribution in [2.75, 3.05) is 13.1 Å². The molecule has 1 aromatic rings. The zero-order valence-electron chi connectivity index (χ0n) is 14.2. The average molecular weight is 408 g/mol. The summed E-state index contributed by atoms with van der Waals surface area (Å²) in [6, 6.07) is 0. The molecule has 0 aliphatic rings. The number of hydrogen-bond donors (Lipinski definition) is 2. The molecule has 6 heteroatoms. The van der Waals surface area contributed by atoms with Gasteiger partial charge < -0.3 is 15.2 Å². The third-order valence-electron chi connectivity index (χ3n) is 2.94. The number of aliphatic imine (C=N–C) groups is 1. The molecule has 0 aliphatic carbocycles. The van der Waals surface area contributed by atoms with E-state index in [2.05, 4.69) is 55.4 Å². The van der Waals surface area contributed by atoms with E-state index < -0.39 is 0 Å². The highest BCUT2D eigenvalue weighted by Gasteiger charge is 2.17. The third kappa shape index (κ3) is 6.67. The standard InChI is InChI=1S/C15H28N4O.HI/c1-8-16-14(18-15(5,6)7)17-9-10(2)13-11(3)19-20-12(13)4;/h10H,8-9H2,1-7H3,(H2,16,17,18);1H. The Hall–Kier alpha value is -0.790. The summed E-state index contributed by atoms with van der Waals surface area (Å²) < 4.78 is 5.22. The molecule has 0 saturated heterocycles. The average Bonchev–Trinajstić information content (AvgIpc) is 2.64. The number of aromatic nitrogens is 1. The van der Waals surface area contributed by atoms with Crippen LogP contribution in [0.5, 0.6) is 0 Å². The minimum Gasteiger partial charge on any atom is -0.361 e. The fourth-order valence-electron chi connectivity index (χ4n) is 2.18. The Morgan fingerprint density at radius 3 is 2.38 bits per heavy atom. The van der Waals surface area contributed by atoms with E-state index in [-0.39, 0.29) is 35.4 Å². The van der Waals surface area contributed by atoms with Crippen LogP contribution < -0.4 is 10.6 Å². The van der Waals surface area contributed by atoms with Crippen molar-refractivity contribution < 1.29 is 4.52 Å². The quantitative estimate of drug-likeness (QED) is 0.456. The summed E-state index contributed by atoms with van der Waals surface area (Å²) in [6.45, 7) is 16.1. The van der Waals surface area contributed by atoms with Gasteiger partial charge in [0.2, 0.25) is 0 Å². The number of guanidine groups is 1. The van der Waals surface area contributed by atoms with E-state index in [1.807, 2.05) is 13.8 Å². The molecule has 2 N–H and O–H groups in total. The van der Waals surface area contributed by atoms with Crippen LogP contribution in [0, 0.1) is 13.8 Å². The number of nitrogens with zero attached hydrogens (tertiary/aromatic N) is 2. The van der Waals surface area contributed by atoms with Gasteiger partial charge in [-0.15, -0.1) is 24.0 Å². The molecule has 0 spiro atoms. The van der Waals surface area contributed by atoms with Crippen molar-refractivity contribution in [2.24, 2.45) is 4.99 Å². The fraction of sp³-hybridized carbons (Fsp3) is 0.733. The smallest absolute Gasteiger partial charge is 0.191 e. The van der Waals surface area contributed by atoms with Gasteiger partial charge in [0, 0.05) is 30.1 Å². The van der Waals surface area contributed by atoms with Gasteiger partial charge in [0.05, 0.1) is 5.69 Å². The lowest BCUT2D eigenvalue weighted by Crippen LogP contribution is -2.47. The molecule has 1 heterocycles. The monoisotopic (exact) mass is 408 g/mol. The van der Waals surface area contributed by atoms with Gasteiger partial charge in [-0.25, -0.2) is 0 Å². The molecule has 0 amide bonds. The number of aryl methyl sites for hydroxylation is 2. The number of rotatable bonds is 4. The van der Waals surface area contributed by atoms with Crippen LogP contribution in [0.15, 0.2) is 9.52 Å². The fourth-order valence-corrected chi connectivity index (χ4v) is 2.18. The molecule has 1 aromatic heterocycles. The van der Waals surface area contributed by atoms with E-state index >= 15 is 0 Å². The maximum Gasteiger partial charge on any atom is 0.191 e. The first kappa shape index (κ1) is 20.2. The van der Waals surface area contributed by atoms with Crippen molar-refractivity contribution in [1.82, 2.24) is 15.8 Å². The molecule has 122 valence electrons. The van der Waals surface area contributed by atoms with Gasteiger partial charge in [-0.2, -0.15) is 0 Å². The van der Waals surface area contributed by atoms with Crippen LogP contribution >= 0.6 is 24.0 Å². The van der Waals surface area contributed by atoms with E-state index in [9.17, 15) is 0 Å². The maximum atomic E-state index is 5.22. The molecule has 0 bridgehead atoms. The molecule has 0 saturated carbocycles. The Morgan fingerprint density at radius 1 is 1.33 bits per heavy atom. The summed E-state index contributed by atoms with van der Waals surface area (Å²) in [7, 11) is 0. The second kappa shape index (κ2) is 8.60. The zero-order valence-corrected chi connectivity index (χ0v) is 16.5. The second-order valence-corrected chi connectivity index (χ2v) is 6.23. The number of halogens is 1. The molecule has 0 aliphatic heterocycles. The number of hydrogen-bond acceptors (Lipinski definition) is 3. The lowest BCUT2D eigenvalue weighted by atomic mass is 10.00. The van der Waals surface area contributed by atoms with Crippen LogP contribution in [0.1, 0.15) is 57.6 Å². The van der Waals surface area contributed by atoms with Crippen LogP contribution in [0.25, 0.3) is 0 Å². The summed E-state index contributed by atoms with van der Waals surface area (Å²) >= 11 is 0. The Balaban J connectivity index is 0.00000400. The Morgan fingerprint density at radius 2 is 1.95 bits per heavy atom. The van der Waals surface area contributed by atoms with E-state index in [0.717, 1.165) is 24.0 Å². The van der Waals surface area contributed by atoms with E-state index in [1.54, 1.807) is 0 Å². The summed E-state index contributed by atoms with van der Waals surface area (Å²) in [5, 5.41) is 10.7. The largest absolute Gasteiger partial charge is 0.361 e. The van der Waals surface area contributed by atoms with Crippen molar-refractivity contribution in [1.29, 1.82) is 0 Å². The van der Waals surface area contributed by atoms with Crippen LogP contribution in [0.2, 0.25) is 0 Å². The predicted molar refractivity (Wildman–Crippen MR) is 98.7 cm³/mol. The van der Waals surface area contributed by atoms with Gasteiger partial charge in [-0.3, -0.25) is 4.99 Å². The highest BCUT2D eigenvalue weighted by molar-refractivity contribution is 14.0. The highest BCUT2D eigenvalue weighted by Crippen LogP contribution is 2.23. The molecule has 0 fully saturated rings. The van der Waals surface area contributed by atoms with Crippen LogP contribution in [0.3, 0.4) is 0 Å². The lowest BCUT2D eigenvalue weighted by Gasteiger charge is -2.24. The van der Waals surface area contributed by atoms with E-state index in [4.69, 9.17) is 4.52 Å². The Bertz CT molecular complexity index is 443. The van der Waals surface area contributed by atoms with Crippen LogP contribution in [0.4, 0.5) is 0 Å². The minimum atomic E-state index is -0.00668. The van der Waals surface area contributed by atoms with Crippen molar-refractivity contribution >= 4 is 29.9 Å². The molecule has 0 aromatic carbocycles. The maximum absolute atomic E-state index is 5.22. The topological polar surface area (TPSA) is 62.5 Å². The first-order valence-corrected chi connectivity index (χ1v) is 7.24. The van der Waals surface area contributed by atoms with Gasteiger partial charge in [0.15, 0.2) is 5.96 Å². The van der Waals surface area contributed by atoms with Gasteiger partial charge in [-0.1, -0.05) is 12.1 Å². The Kier molecular flexibility index (Phi) is 8.28. The molecule has 1 unspecified atom stereocenters. The lowest BCUT2D eigenvalue weighted by molar-refractivity contribution is 0.391. The Labute approximate surface area is 145 Å². The van der Waals surface area contributed by atoms with Gasteiger partial charge in [0.25, 0.3) is 0 Å². The first-order chi connectivity index (χ1) is 9.24. The summed E-state index contributed by atoms with van der Waals surface area (Å²) in [4.78, 5) is 4.66. The molecule has 21 heavy (non-hydrogen) atoms. The van der Waals surface area contributed by atoms with Gasteiger partial charge >= 0.3 is 0 Å². The van der Waals surface area contributed by atoms with Crippen molar-refractivity contribution in [3.63, 3.8) is 0 Å². The highest BCUT2D eigenvalue weighted by atomic mass is 127. The SMILES string of the molecule is CCNC(=NCC(C)c1c(C)noc1C)NC(C)(C)C.I. The summed E-state index contributed by atoms with van der Waals surface area (Å²) in [6.07, 6.45) is 0. The van der Waals surface area contributed by atoms with Crippen molar-refractivity contribution in [3.05, 3.63) is 17.0 Å². The van der Waals surface area contributed by atoms with Crippen molar-refractivity contribution in [2.45, 2.75) is 59.9 Å². The molecule has 5 nitrogen and oxygen atoms in total. The van der Waals surface area contributed by atoms with Crippen molar-refractivity contribution in [3.8, 4) is 0 Å².